The van der Waals surface area contributed by atoms with Crippen molar-refractivity contribution in [2.24, 2.45) is 0 Å². The molecule has 0 aliphatic rings. The second kappa shape index (κ2) is 6.13. The van der Waals surface area contributed by atoms with Crippen molar-refractivity contribution in [1.29, 1.82) is 0 Å². The molecule has 2 aromatic rings. The fraction of sp³-hybridized carbons (Fsp3) is 0.357. The second-order valence-corrected chi connectivity index (χ2v) is 4.26. The third-order valence-corrected chi connectivity index (χ3v) is 2.91. The molecule has 0 radical (unpaired) electrons. The fourth-order valence-electron chi connectivity index (χ4n) is 1.89. The molecule has 0 amide bonds. The number of nitrogens with one attached hydrogen (secondary N) is 1. The number of hydrogen-bond donors (Lipinski definition) is 2. The van der Waals surface area contributed by atoms with Gasteiger partial charge < -0.3 is 11.1 Å². The van der Waals surface area contributed by atoms with Crippen LogP contribution in [0.1, 0.15) is 30.9 Å². The third kappa shape index (κ3) is 3.40. The Kier molecular flexibility index (Phi) is 4.28. The molecule has 0 bridgehead atoms. The highest BCUT2D eigenvalue weighted by Gasteiger charge is 2.04. The number of anilines is 2. The first-order valence-corrected chi connectivity index (χ1v) is 6.53. The van der Waals surface area contributed by atoms with Crippen LogP contribution in [0.3, 0.4) is 0 Å². The van der Waals surface area contributed by atoms with Crippen LogP contribution < -0.4 is 11.1 Å². The predicted octanol–water partition coefficient (Wildman–Crippen LogP) is 2.19. The molecular weight excluding hydrogens is 238 g/mol. The molecule has 2 heterocycles. The first-order chi connectivity index (χ1) is 9.22. The van der Waals surface area contributed by atoms with E-state index in [1.807, 2.05) is 19.2 Å². The van der Waals surface area contributed by atoms with Crippen LogP contribution in [-0.2, 0) is 19.4 Å². The number of aryl methyl sites for hydroxylation is 2. The molecule has 2 rings (SSSR count). The van der Waals surface area contributed by atoms with Gasteiger partial charge >= 0.3 is 0 Å². The molecule has 0 atom stereocenters. The number of aromatic nitrogens is 3. The van der Waals surface area contributed by atoms with Crippen LogP contribution in [0, 0.1) is 0 Å². The Labute approximate surface area is 113 Å². The lowest BCUT2D eigenvalue weighted by atomic mass is 10.1. The molecule has 5 heteroatoms. The highest BCUT2D eigenvalue weighted by atomic mass is 15.1. The van der Waals surface area contributed by atoms with Gasteiger partial charge in [0, 0.05) is 18.7 Å². The number of hydrogen-bond acceptors (Lipinski definition) is 5. The van der Waals surface area contributed by atoms with Crippen LogP contribution in [0.25, 0.3) is 0 Å². The summed E-state index contributed by atoms with van der Waals surface area (Å²) >= 11 is 0. The molecule has 0 fully saturated rings. The van der Waals surface area contributed by atoms with Gasteiger partial charge in [0.1, 0.15) is 17.5 Å². The van der Waals surface area contributed by atoms with E-state index in [1.54, 1.807) is 6.07 Å². The molecule has 0 spiro atoms. The van der Waals surface area contributed by atoms with Gasteiger partial charge in [-0.05, 0) is 18.1 Å². The largest absolute Gasteiger partial charge is 0.384 e. The van der Waals surface area contributed by atoms with Gasteiger partial charge in [-0.15, -0.1) is 0 Å². The van der Waals surface area contributed by atoms with E-state index in [0.717, 1.165) is 30.2 Å². The lowest BCUT2D eigenvalue weighted by Gasteiger charge is -2.09. The average Bonchev–Trinajstić information content (AvgIpc) is 2.44. The Morgan fingerprint density at radius 1 is 1.21 bits per heavy atom. The molecule has 3 N–H and O–H groups in total. The van der Waals surface area contributed by atoms with Crippen molar-refractivity contribution in [3.05, 3.63) is 41.5 Å². The van der Waals surface area contributed by atoms with Crippen molar-refractivity contribution < 1.29 is 0 Å². The summed E-state index contributed by atoms with van der Waals surface area (Å²) in [6.45, 7) is 4.77. The molecule has 0 aliphatic carbocycles. The summed E-state index contributed by atoms with van der Waals surface area (Å²) in [7, 11) is 0. The smallest absolute Gasteiger partial charge is 0.132 e. The summed E-state index contributed by atoms with van der Waals surface area (Å²) in [5, 5.41) is 3.26. The predicted molar refractivity (Wildman–Crippen MR) is 76.8 cm³/mol. The van der Waals surface area contributed by atoms with Crippen LogP contribution in [0.5, 0.6) is 0 Å². The highest BCUT2D eigenvalue weighted by molar-refractivity contribution is 5.45. The monoisotopic (exact) mass is 257 g/mol. The topological polar surface area (TPSA) is 76.7 Å². The number of pyridine rings is 1. The normalized spacial score (nSPS) is 10.4. The van der Waals surface area contributed by atoms with Gasteiger partial charge in [0.25, 0.3) is 0 Å². The molecule has 2 aromatic heterocycles. The molecule has 0 aliphatic heterocycles. The Morgan fingerprint density at radius 2 is 2.05 bits per heavy atom. The Morgan fingerprint density at radius 3 is 2.79 bits per heavy atom. The lowest BCUT2D eigenvalue weighted by Crippen LogP contribution is -2.08. The Bertz CT molecular complexity index is 553. The fourth-order valence-corrected chi connectivity index (χ4v) is 1.89. The molecule has 0 unspecified atom stereocenters. The zero-order chi connectivity index (χ0) is 13.7. The van der Waals surface area contributed by atoms with Gasteiger partial charge in [0.2, 0.25) is 0 Å². The molecule has 0 aromatic carbocycles. The van der Waals surface area contributed by atoms with E-state index in [2.05, 4.69) is 33.3 Å². The van der Waals surface area contributed by atoms with Crippen LogP contribution in [0.2, 0.25) is 0 Å². The number of nitrogens with zero attached hydrogens (tertiary/aromatic N) is 3. The standard InChI is InChI=1S/C14H19N5/c1-3-10-6-5-7-16-11(10)9-17-14-8-12(15)18-13(4-2)19-14/h5-8H,3-4,9H2,1-2H3,(H3,15,17,18,19). The molecule has 0 saturated carbocycles. The minimum Gasteiger partial charge on any atom is -0.384 e. The summed E-state index contributed by atoms with van der Waals surface area (Å²) < 4.78 is 0. The van der Waals surface area contributed by atoms with Crippen molar-refractivity contribution in [3.8, 4) is 0 Å². The van der Waals surface area contributed by atoms with Crippen molar-refractivity contribution in [3.63, 3.8) is 0 Å². The van der Waals surface area contributed by atoms with Crippen LogP contribution >= 0.6 is 0 Å². The summed E-state index contributed by atoms with van der Waals surface area (Å²) in [4.78, 5) is 12.9. The van der Waals surface area contributed by atoms with Gasteiger partial charge in [-0.25, -0.2) is 9.97 Å². The van der Waals surface area contributed by atoms with E-state index in [4.69, 9.17) is 5.73 Å². The summed E-state index contributed by atoms with van der Waals surface area (Å²) in [6.07, 6.45) is 3.54. The summed E-state index contributed by atoms with van der Waals surface area (Å²) in [6, 6.07) is 5.80. The maximum atomic E-state index is 5.75. The quantitative estimate of drug-likeness (QED) is 0.858. The lowest BCUT2D eigenvalue weighted by molar-refractivity contribution is 0.922. The van der Waals surface area contributed by atoms with Crippen molar-refractivity contribution in [2.45, 2.75) is 33.2 Å². The molecule has 100 valence electrons. The van der Waals surface area contributed by atoms with Crippen LogP contribution in [0.15, 0.2) is 24.4 Å². The van der Waals surface area contributed by atoms with E-state index in [1.165, 1.54) is 5.56 Å². The SMILES string of the molecule is CCc1nc(N)cc(NCc2ncccc2CC)n1. The Balaban J connectivity index is 2.12. The van der Waals surface area contributed by atoms with Crippen molar-refractivity contribution >= 4 is 11.6 Å². The van der Waals surface area contributed by atoms with Gasteiger partial charge in [-0.2, -0.15) is 0 Å². The first-order valence-electron chi connectivity index (χ1n) is 6.53. The highest BCUT2D eigenvalue weighted by Crippen LogP contribution is 2.12. The maximum Gasteiger partial charge on any atom is 0.132 e. The van der Waals surface area contributed by atoms with Crippen molar-refractivity contribution in [2.75, 3.05) is 11.1 Å². The van der Waals surface area contributed by atoms with E-state index in [-0.39, 0.29) is 0 Å². The Hall–Kier alpha value is -2.17. The maximum absolute atomic E-state index is 5.75. The van der Waals surface area contributed by atoms with E-state index >= 15 is 0 Å². The first kappa shape index (κ1) is 13.3. The zero-order valence-electron chi connectivity index (χ0n) is 11.3. The zero-order valence-corrected chi connectivity index (χ0v) is 11.3. The summed E-state index contributed by atoms with van der Waals surface area (Å²) in [5.41, 5.74) is 8.04. The van der Waals surface area contributed by atoms with Gasteiger partial charge in [0.15, 0.2) is 0 Å². The summed E-state index contributed by atoms with van der Waals surface area (Å²) in [5.74, 6) is 1.99. The molecular formula is C14H19N5. The minimum atomic E-state index is 0.492. The van der Waals surface area contributed by atoms with Crippen LogP contribution in [0.4, 0.5) is 11.6 Å². The average molecular weight is 257 g/mol. The third-order valence-electron chi connectivity index (χ3n) is 2.91. The molecule has 5 nitrogen and oxygen atoms in total. The van der Waals surface area contributed by atoms with Gasteiger partial charge in [-0.1, -0.05) is 19.9 Å². The van der Waals surface area contributed by atoms with E-state index in [9.17, 15) is 0 Å². The van der Waals surface area contributed by atoms with Crippen molar-refractivity contribution in [1.82, 2.24) is 15.0 Å². The number of rotatable bonds is 5. The van der Waals surface area contributed by atoms with Crippen LogP contribution in [-0.4, -0.2) is 15.0 Å². The van der Waals surface area contributed by atoms with Gasteiger partial charge in [-0.3, -0.25) is 4.98 Å². The van der Waals surface area contributed by atoms with Gasteiger partial charge in [0.05, 0.1) is 12.2 Å². The second-order valence-electron chi connectivity index (χ2n) is 4.26. The number of nitrogens with two attached hydrogens (primary N) is 1. The number of nitrogen functional groups attached to an aromatic ring is 1. The molecule has 0 saturated heterocycles. The van der Waals surface area contributed by atoms with E-state index in [0.29, 0.717) is 12.4 Å². The van der Waals surface area contributed by atoms with E-state index < -0.39 is 0 Å². The minimum absolute atomic E-state index is 0.492. The molecule has 19 heavy (non-hydrogen) atoms.